The van der Waals surface area contributed by atoms with E-state index in [0.717, 1.165) is 35.7 Å². The van der Waals surface area contributed by atoms with Crippen molar-refractivity contribution in [3.05, 3.63) is 81.6 Å². The molecule has 3 aromatic rings. The van der Waals surface area contributed by atoms with Crippen molar-refractivity contribution in [2.24, 2.45) is 0 Å². The van der Waals surface area contributed by atoms with Crippen LogP contribution in [-0.4, -0.2) is 35.0 Å². The number of hydrogen-bond acceptors (Lipinski definition) is 3. The fourth-order valence-corrected chi connectivity index (χ4v) is 3.90. The van der Waals surface area contributed by atoms with E-state index >= 15 is 0 Å². The number of para-hydroxylation sites is 1. The molecule has 0 radical (unpaired) electrons. The summed E-state index contributed by atoms with van der Waals surface area (Å²) in [5.41, 5.74) is 3.50. The quantitative estimate of drug-likeness (QED) is 0.700. The summed E-state index contributed by atoms with van der Waals surface area (Å²) in [4.78, 5) is 30.6. The van der Waals surface area contributed by atoms with Crippen molar-refractivity contribution in [3.8, 4) is 0 Å². The molecule has 2 aromatic carbocycles. The van der Waals surface area contributed by atoms with Crippen molar-refractivity contribution in [2.45, 2.75) is 38.8 Å². The molecule has 1 aromatic heterocycles. The zero-order valence-electron chi connectivity index (χ0n) is 16.7. The molecular weight excluding hydrogens is 364 g/mol. The Bertz CT molecular complexity index is 1050. The minimum Gasteiger partial charge on any atom is -0.368 e. The maximum absolute atomic E-state index is 13.1. The number of H-pyrrole nitrogens is 1. The summed E-state index contributed by atoms with van der Waals surface area (Å²) in [5.74, 6) is -0.0258. The highest BCUT2D eigenvalue weighted by Crippen LogP contribution is 2.19. The van der Waals surface area contributed by atoms with Gasteiger partial charge in [-0.3, -0.25) is 9.59 Å². The van der Waals surface area contributed by atoms with Gasteiger partial charge in [0.25, 0.3) is 11.5 Å². The average Bonchev–Trinajstić information content (AvgIpc) is 3.27. The number of hydrogen-bond donors (Lipinski definition) is 1. The maximum Gasteiger partial charge on any atom is 0.253 e. The van der Waals surface area contributed by atoms with E-state index in [1.807, 2.05) is 49.4 Å². The summed E-state index contributed by atoms with van der Waals surface area (Å²) in [6, 6.07) is 17.9. The Labute approximate surface area is 170 Å². The van der Waals surface area contributed by atoms with Crippen molar-refractivity contribution in [2.75, 3.05) is 13.2 Å². The highest BCUT2D eigenvalue weighted by Gasteiger charge is 2.28. The van der Waals surface area contributed by atoms with Crippen molar-refractivity contribution in [3.63, 3.8) is 0 Å². The number of benzene rings is 2. The second-order valence-corrected chi connectivity index (χ2v) is 7.66. The lowest BCUT2D eigenvalue weighted by Crippen LogP contribution is -2.40. The van der Waals surface area contributed by atoms with E-state index in [1.54, 1.807) is 4.90 Å². The van der Waals surface area contributed by atoms with Gasteiger partial charge < -0.3 is 14.6 Å². The van der Waals surface area contributed by atoms with Gasteiger partial charge in [0.05, 0.1) is 12.1 Å². The van der Waals surface area contributed by atoms with Crippen LogP contribution in [0.4, 0.5) is 0 Å². The third-order valence-corrected chi connectivity index (χ3v) is 5.56. The Morgan fingerprint density at radius 3 is 2.76 bits per heavy atom. The van der Waals surface area contributed by atoms with Crippen LogP contribution in [0.5, 0.6) is 0 Å². The van der Waals surface area contributed by atoms with Gasteiger partial charge in [0.15, 0.2) is 0 Å². The molecule has 5 heteroatoms. The first-order valence-electron chi connectivity index (χ1n) is 10.2. The zero-order valence-corrected chi connectivity index (χ0v) is 16.7. The molecule has 2 heterocycles. The van der Waals surface area contributed by atoms with Gasteiger partial charge in [-0.1, -0.05) is 48.5 Å². The topological polar surface area (TPSA) is 62.4 Å². The monoisotopic (exact) mass is 390 g/mol. The van der Waals surface area contributed by atoms with Gasteiger partial charge in [-0.05, 0) is 48.8 Å². The highest BCUT2D eigenvalue weighted by molar-refractivity contribution is 5.83. The number of pyridine rings is 1. The van der Waals surface area contributed by atoms with Crippen molar-refractivity contribution < 1.29 is 9.53 Å². The molecule has 1 saturated heterocycles. The number of nitrogens with zero attached hydrogens (tertiary/aromatic N) is 1. The van der Waals surface area contributed by atoms with Crippen LogP contribution >= 0.6 is 0 Å². The minimum absolute atomic E-state index is 0.0258. The number of ether oxygens (including phenoxy) is 1. The van der Waals surface area contributed by atoms with Crippen LogP contribution in [0.3, 0.4) is 0 Å². The number of aromatic amines is 1. The largest absolute Gasteiger partial charge is 0.368 e. The van der Waals surface area contributed by atoms with E-state index in [-0.39, 0.29) is 18.0 Å². The van der Waals surface area contributed by atoms with Crippen LogP contribution in [0.1, 0.15) is 29.5 Å². The van der Waals surface area contributed by atoms with Gasteiger partial charge in [-0.15, -0.1) is 0 Å². The number of rotatable bonds is 6. The molecule has 1 N–H and O–H groups in total. The molecule has 4 rings (SSSR count). The third-order valence-electron chi connectivity index (χ3n) is 5.56. The fourth-order valence-electron chi connectivity index (χ4n) is 3.90. The zero-order chi connectivity index (χ0) is 20.2. The first-order chi connectivity index (χ1) is 14.1. The Balaban J connectivity index is 1.60. The summed E-state index contributed by atoms with van der Waals surface area (Å²) in [6.45, 7) is 3.43. The van der Waals surface area contributed by atoms with Gasteiger partial charge in [-0.2, -0.15) is 0 Å². The first kappa shape index (κ1) is 19.4. The second kappa shape index (κ2) is 8.62. The Kier molecular flexibility index (Phi) is 5.76. The molecular formula is C24H26N2O3. The van der Waals surface area contributed by atoms with Crippen molar-refractivity contribution in [1.29, 1.82) is 0 Å². The lowest BCUT2D eigenvalue weighted by atomic mass is 10.1. The smallest absolute Gasteiger partial charge is 0.253 e. The van der Waals surface area contributed by atoms with E-state index in [2.05, 4.69) is 17.1 Å². The number of fused-ring (bicyclic) bond motifs is 1. The summed E-state index contributed by atoms with van der Waals surface area (Å²) in [7, 11) is 0. The van der Waals surface area contributed by atoms with E-state index in [0.29, 0.717) is 18.7 Å². The third kappa shape index (κ3) is 4.40. The normalized spacial score (nSPS) is 16.2. The van der Waals surface area contributed by atoms with Gasteiger partial charge in [0, 0.05) is 18.7 Å². The molecule has 5 nitrogen and oxygen atoms in total. The van der Waals surface area contributed by atoms with Gasteiger partial charge in [-0.25, -0.2) is 0 Å². The Morgan fingerprint density at radius 2 is 2.00 bits per heavy atom. The van der Waals surface area contributed by atoms with E-state index in [9.17, 15) is 9.59 Å². The van der Waals surface area contributed by atoms with E-state index in [1.165, 1.54) is 5.56 Å². The first-order valence-corrected chi connectivity index (χ1v) is 10.2. The molecule has 0 aliphatic carbocycles. The summed E-state index contributed by atoms with van der Waals surface area (Å²) < 4.78 is 5.62. The van der Waals surface area contributed by atoms with Gasteiger partial charge in [0.1, 0.15) is 6.10 Å². The molecule has 0 unspecified atom stereocenters. The standard InChI is InChI=1S/C24H26N2O3/c1-17-7-5-10-19-15-20(23(27)25-22(17)19)16-26(24(28)21-11-6-14-29-21)13-12-18-8-3-2-4-9-18/h2-5,7-10,15,21H,6,11-14,16H2,1H3,(H,25,27)/t21-/m0/s1. The van der Waals surface area contributed by atoms with Gasteiger partial charge >= 0.3 is 0 Å². The van der Waals surface area contributed by atoms with E-state index in [4.69, 9.17) is 4.74 Å². The molecule has 0 bridgehead atoms. The average molecular weight is 390 g/mol. The Morgan fingerprint density at radius 1 is 1.17 bits per heavy atom. The van der Waals surface area contributed by atoms with Crippen LogP contribution in [0.2, 0.25) is 0 Å². The van der Waals surface area contributed by atoms with Crippen LogP contribution in [0.25, 0.3) is 10.9 Å². The predicted molar refractivity (Wildman–Crippen MR) is 114 cm³/mol. The lowest BCUT2D eigenvalue weighted by molar-refractivity contribution is -0.141. The number of aromatic nitrogens is 1. The number of nitrogens with one attached hydrogen (secondary N) is 1. The minimum atomic E-state index is -0.396. The maximum atomic E-state index is 13.1. The molecule has 29 heavy (non-hydrogen) atoms. The second-order valence-electron chi connectivity index (χ2n) is 7.66. The van der Waals surface area contributed by atoms with Crippen LogP contribution < -0.4 is 5.56 Å². The summed E-state index contributed by atoms with van der Waals surface area (Å²) in [6.07, 6.45) is 1.99. The molecule has 1 amide bonds. The number of amides is 1. The summed E-state index contributed by atoms with van der Waals surface area (Å²) >= 11 is 0. The fraction of sp³-hybridized carbons (Fsp3) is 0.333. The van der Waals surface area contributed by atoms with Gasteiger partial charge in [0.2, 0.25) is 0 Å². The molecule has 150 valence electrons. The van der Waals surface area contributed by atoms with Crippen LogP contribution in [-0.2, 0) is 22.5 Å². The van der Waals surface area contributed by atoms with Crippen molar-refractivity contribution >= 4 is 16.8 Å². The molecule has 0 spiro atoms. The molecule has 1 fully saturated rings. The molecule has 1 atom stereocenters. The van der Waals surface area contributed by atoms with Crippen molar-refractivity contribution in [1.82, 2.24) is 9.88 Å². The number of aryl methyl sites for hydroxylation is 1. The summed E-state index contributed by atoms with van der Waals surface area (Å²) in [5, 5.41) is 0.979. The predicted octanol–water partition coefficient (Wildman–Crippen LogP) is 3.59. The van der Waals surface area contributed by atoms with E-state index < -0.39 is 6.10 Å². The highest BCUT2D eigenvalue weighted by atomic mass is 16.5. The molecule has 1 aliphatic rings. The number of carbonyl (C=O) groups is 1. The molecule has 0 saturated carbocycles. The lowest BCUT2D eigenvalue weighted by Gasteiger charge is -2.25. The van der Waals surface area contributed by atoms with Crippen LogP contribution in [0, 0.1) is 6.92 Å². The SMILES string of the molecule is Cc1cccc2cc(CN(CCc3ccccc3)C(=O)[C@@H]3CCCO3)c(=O)[nH]c12. The Hall–Kier alpha value is -2.92. The molecule has 1 aliphatic heterocycles. The number of carbonyl (C=O) groups excluding carboxylic acids is 1. The van der Waals surface area contributed by atoms with Crippen LogP contribution in [0.15, 0.2) is 59.4 Å².